The van der Waals surface area contributed by atoms with Crippen LogP contribution in [0.2, 0.25) is 0 Å². The highest BCUT2D eigenvalue weighted by molar-refractivity contribution is 9.10. The standard InChI is InChI=1S/C28H21BrN2O3S/c1-34-23-9-5-4-8-19(23)26-20-12-11-17-6-2-3-7-18(17)25(20)30-28-31(26)27(33)24(35-28)15-16-10-13-22(32)21(29)14-16/h2-10,13-15,26,32H,11-12H2,1H3/b24-15-/t26-/m1/s1. The first-order chi connectivity index (χ1) is 17.0. The van der Waals surface area contributed by atoms with E-state index < -0.39 is 0 Å². The zero-order chi connectivity index (χ0) is 24.1. The zero-order valence-electron chi connectivity index (χ0n) is 18.9. The summed E-state index contributed by atoms with van der Waals surface area (Å²) in [6, 6.07) is 21.2. The SMILES string of the molecule is COc1ccccc1[C@@H]1C2=C(N=c3s/c(=C\c4ccc(O)c(Br)c4)c(=O)n31)c1ccccc1CC2. The molecule has 7 heteroatoms. The number of nitrogens with zero attached hydrogens (tertiary/aromatic N) is 2. The first kappa shape index (κ1) is 22.1. The van der Waals surface area contributed by atoms with Crippen molar-refractivity contribution in [3.63, 3.8) is 0 Å². The van der Waals surface area contributed by atoms with Crippen LogP contribution in [-0.2, 0) is 6.42 Å². The third-order valence-corrected chi connectivity index (χ3v) is 8.19. The number of aromatic nitrogens is 1. The van der Waals surface area contributed by atoms with Crippen molar-refractivity contribution in [2.75, 3.05) is 7.11 Å². The maximum absolute atomic E-state index is 13.8. The minimum atomic E-state index is -0.292. The summed E-state index contributed by atoms with van der Waals surface area (Å²) < 4.78 is 8.72. The maximum atomic E-state index is 13.8. The molecule has 35 heavy (non-hydrogen) atoms. The first-order valence-electron chi connectivity index (χ1n) is 11.3. The van der Waals surface area contributed by atoms with E-state index in [0.29, 0.717) is 13.8 Å². The van der Waals surface area contributed by atoms with Gasteiger partial charge in [-0.15, -0.1) is 0 Å². The highest BCUT2D eigenvalue weighted by Gasteiger charge is 2.33. The Balaban J connectivity index is 1.64. The molecular formula is C28H21BrN2O3S. The number of phenolic OH excluding ortho intramolecular Hbond substituents is 1. The molecule has 0 radical (unpaired) electrons. The smallest absolute Gasteiger partial charge is 0.271 e. The number of aromatic hydroxyl groups is 1. The van der Waals surface area contributed by atoms with Crippen molar-refractivity contribution >= 4 is 39.0 Å². The summed E-state index contributed by atoms with van der Waals surface area (Å²) in [7, 11) is 1.66. The van der Waals surface area contributed by atoms with E-state index in [2.05, 4.69) is 34.1 Å². The van der Waals surface area contributed by atoms with Crippen molar-refractivity contribution in [1.29, 1.82) is 0 Å². The van der Waals surface area contributed by atoms with Gasteiger partial charge >= 0.3 is 0 Å². The van der Waals surface area contributed by atoms with Gasteiger partial charge in [-0.3, -0.25) is 9.36 Å². The average molecular weight is 545 g/mol. The van der Waals surface area contributed by atoms with E-state index in [1.807, 2.05) is 41.0 Å². The van der Waals surface area contributed by atoms with Gasteiger partial charge in [0.15, 0.2) is 4.80 Å². The Morgan fingerprint density at radius 3 is 2.74 bits per heavy atom. The monoisotopic (exact) mass is 544 g/mol. The second kappa shape index (κ2) is 8.66. The van der Waals surface area contributed by atoms with E-state index in [9.17, 15) is 9.90 Å². The average Bonchev–Trinajstić information content (AvgIpc) is 3.19. The summed E-state index contributed by atoms with van der Waals surface area (Å²) in [5, 5.41) is 9.85. The van der Waals surface area contributed by atoms with Crippen LogP contribution in [0.1, 0.15) is 34.7 Å². The number of thiazole rings is 1. The molecule has 1 aliphatic carbocycles. The fourth-order valence-electron chi connectivity index (χ4n) is 4.96. The van der Waals surface area contributed by atoms with Crippen LogP contribution in [0.25, 0.3) is 11.8 Å². The lowest BCUT2D eigenvalue weighted by Gasteiger charge is -2.31. The number of fused-ring (bicyclic) bond motifs is 3. The van der Waals surface area contributed by atoms with Gasteiger partial charge < -0.3 is 9.84 Å². The van der Waals surface area contributed by atoms with Crippen LogP contribution >= 0.6 is 27.3 Å². The second-order valence-electron chi connectivity index (χ2n) is 8.57. The van der Waals surface area contributed by atoms with E-state index >= 15 is 0 Å². The van der Waals surface area contributed by atoms with Crippen LogP contribution in [0.3, 0.4) is 0 Å². The largest absolute Gasteiger partial charge is 0.507 e. The van der Waals surface area contributed by atoms with Crippen LogP contribution in [0.5, 0.6) is 11.5 Å². The van der Waals surface area contributed by atoms with Crippen LogP contribution in [0.4, 0.5) is 0 Å². The Kier molecular flexibility index (Phi) is 5.46. The van der Waals surface area contributed by atoms with E-state index in [0.717, 1.165) is 46.6 Å². The summed E-state index contributed by atoms with van der Waals surface area (Å²) in [5.41, 5.74) is 6.21. The van der Waals surface area contributed by atoms with Crippen molar-refractivity contribution in [1.82, 2.24) is 4.57 Å². The van der Waals surface area contributed by atoms with Crippen LogP contribution in [-0.4, -0.2) is 16.8 Å². The maximum Gasteiger partial charge on any atom is 0.271 e. The molecule has 1 aliphatic heterocycles. The number of aryl methyl sites for hydroxylation is 1. The molecular weight excluding hydrogens is 524 g/mol. The van der Waals surface area contributed by atoms with Crippen molar-refractivity contribution in [3.05, 3.63) is 119 Å². The van der Waals surface area contributed by atoms with Crippen LogP contribution < -0.4 is 19.6 Å². The van der Waals surface area contributed by atoms with E-state index in [-0.39, 0.29) is 17.4 Å². The van der Waals surface area contributed by atoms with E-state index in [1.54, 1.807) is 25.3 Å². The van der Waals surface area contributed by atoms with E-state index in [1.165, 1.54) is 16.9 Å². The first-order valence-corrected chi connectivity index (χ1v) is 12.9. The van der Waals surface area contributed by atoms with Gasteiger partial charge in [-0.2, -0.15) is 0 Å². The third kappa shape index (κ3) is 3.66. The number of benzene rings is 3. The van der Waals surface area contributed by atoms with Gasteiger partial charge in [0.05, 0.1) is 27.9 Å². The van der Waals surface area contributed by atoms with Crippen LogP contribution in [0, 0.1) is 0 Å². The number of phenols is 1. The fraction of sp³-hybridized carbons (Fsp3) is 0.143. The van der Waals surface area contributed by atoms with Crippen molar-refractivity contribution < 1.29 is 9.84 Å². The molecule has 4 aromatic rings. The Labute approximate surface area is 214 Å². The Bertz CT molecular complexity index is 1700. The molecule has 2 heterocycles. The van der Waals surface area contributed by atoms with Crippen molar-refractivity contribution in [3.8, 4) is 11.5 Å². The highest BCUT2D eigenvalue weighted by atomic mass is 79.9. The number of para-hydroxylation sites is 1. The molecule has 0 saturated carbocycles. The molecule has 5 nitrogen and oxygen atoms in total. The third-order valence-electron chi connectivity index (χ3n) is 6.58. The topological polar surface area (TPSA) is 63.8 Å². The lowest BCUT2D eigenvalue weighted by atomic mass is 9.83. The van der Waals surface area contributed by atoms with Gasteiger partial charge in [-0.1, -0.05) is 59.9 Å². The number of allylic oxidation sites excluding steroid dienone is 1. The predicted octanol–water partition coefficient (Wildman–Crippen LogP) is 4.80. The van der Waals surface area contributed by atoms with Gasteiger partial charge in [-0.05, 0) is 69.7 Å². The number of halogens is 1. The summed E-state index contributed by atoms with van der Waals surface area (Å²) >= 11 is 4.74. The molecule has 1 atom stereocenters. The lowest BCUT2D eigenvalue weighted by Crippen LogP contribution is -2.38. The summed E-state index contributed by atoms with van der Waals surface area (Å²) in [5.74, 6) is 0.910. The molecule has 1 N–H and O–H groups in total. The van der Waals surface area contributed by atoms with Crippen molar-refractivity contribution in [2.24, 2.45) is 4.99 Å². The molecule has 1 aromatic heterocycles. The molecule has 0 saturated heterocycles. The van der Waals surface area contributed by atoms with E-state index in [4.69, 9.17) is 9.73 Å². The Morgan fingerprint density at radius 2 is 1.91 bits per heavy atom. The number of hydrogen-bond donors (Lipinski definition) is 1. The molecule has 2 aliphatic rings. The second-order valence-corrected chi connectivity index (χ2v) is 10.4. The quantitative estimate of drug-likeness (QED) is 0.403. The normalized spacial score (nSPS) is 16.9. The summed E-state index contributed by atoms with van der Waals surface area (Å²) in [6.07, 6.45) is 3.58. The number of rotatable bonds is 3. The van der Waals surface area contributed by atoms with Gasteiger partial charge in [0.1, 0.15) is 11.5 Å². The molecule has 0 spiro atoms. The van der Waals surface area contributed by atoms with Crippen LogP contribution in [0.15, 0.2) is 86.6 Å². The number of ether oxygens (including phenoxy) is 1. The minimum absolute atomic E-state index is 0.0840. The molecule has 6 rings (SSSR count). The lowest BCUT2D eigenvalue weighted by molar-refractivity contribution is 0.402. The Morgan fingerprint density at radius 1 is 1.11 bits per heavy atom. The summed E-state index contributed by atoms with van der Waals surface area (Å²) in [4.78, 5) is 19.5. The molecule has 174 valence electrons. The molecule has 0 amide bonds. The molecule has 0 bridgehead atoms. The number of methoxy groups -OCH3 is 1. The fourth-order valence-corrected chi connectivity index (χ4v) is 6.35. The van der Waals surface area contributed by atoms with Gasteiger partial charge in [-0.25, -0.2) is 4.99 Å². The molecule has 3 aromatic carbocycles. The van der Waals surface area contributed by atoms with Gasteiger partial charge in [0.25, 0.3) is 5.56 Å². The Hall–Kier alpha value is -3.42. The molecule has 0 unspecified atom stereocenters. The minimum Gasteiger partial charge on any atom is -0.507 e. The molecule has 0 fully saturated rings. The highest BCUT2D eigenvalue weighted by Crippen LogP contribution is 2.43. The van der Waals surface area contributed by atoms with Gasteiger partial charge in [0.2, 0.25) is 0 Å². The summed E-state index contributed by atoms with van der Waals surface area (Å²) in [6.45, 7) is 0. The number of hydrogen-bond acceptors (Lipinski definition) is 5. The zero-order valence-corrected chi connectivity index (χ0v) is 21.3. The van der Waals surface area contributed by atoms with Gasteiger partial charge in [0, 0.05) is 11.1 Å². The van der Waals surface area contributed by atoms with Crippen molar-refractivity contribution in [2.45, 2.75) is 18.9 Å². The predicted molar refractivity (Wildman–Crippen MR) is 142 cm³/mol.